The number of hydrogen-bond donors (Lipinski definition) is 2. The molecular weight excluding hydrogens is 331 g/mol. The Morgan fingerprint density at radius 3 is 2.60 bits per heavy atom. The van der Waals surface area contributed by atoms with Gasteiger partial charge in [-0.05, 0) is 40.2 Å². The highest BCUT2D eigenvalue weighted by Crippen LogP contribution is 2.21. The minimum atomic E-state index is -1.11. The monoisotopic (exact) mass is 338 g/mol. The van der Waals surface area contributed by atoms with Crippen LogP contribution in [0, 0.1) is 5.82 Å². The van der Waals surface area contributed by atoms with E-state index in [9.17, 15) is 14.0 Å². The van der Waals surface area contributed by atoms with Crippen molar-refractivity contribution in [3.8, 4) is 0 Å². The van der Waals surface area contributed by atoms with E-state index in [-0.39, 0.29) is 21.4 Å². The third-order valence-corrected chi connectivity index (χ3v) is 3.25. The molecule has 0 unspecified atom stereocenters. The summed E-state index contributed by atoms with van der Waals surface area (Å²) in [7, 11) is 0. The van der Waals surface area contributed by atoms with Gasteiger partial charge >= 0.3 is 5.97 Å². The predicted octanol–water partition coefficient (Wildman–Crippen LogP) is 2.93. The van der Waals surface area contributed by atoms with Crippen LogP contribution >= 0.6 is 15.9 Å². The molecule has 0 fully saturated rings. The number of carboxylic acids is 1. The summed E-state index contributed by atoms with van der Waals surface area (Å²) in [4.78, 5) is 26.4. The van der Waals surface area contributed by atoms with Gasteiger partial charge in [0.05, 0.1) is 15.6 Å². The van der Waals surface area contributed by atoms with Crippen molar-refractivity contribution in [2.24, 2.45) is 0 Å². The van der Waals surface area contributed by atoms with Crippen molar-refractivity contribution >= 4 is 33.6 Å². The van der Waals surface area contributed by atoms with Gasteiger partial charge in [-0.25, -0.2) is 14.2 Å². The number of carboxylic acid groups (broad SMARTS) is 1. The van der Waals surface area contributed by atoms with E-state index in [1.54, 1.807) is 0 Å². The summed E-state index contributed by atoms with van der Waals surface area (Å²) < 4.78 is 13.4. The summed E-state index contributed by atoms with van der Waals surface area (Å²) in [5.74, 6) is -2.03. The Hall–Kier alpha value is -2.28. The molecule has 0 saturated heterocycles. The first-order valence-electron chi connectivity index (χ1n) is 5.44. The highest BCUT2D eigenvalue weighted by molar-refractivity contribution is 9.10. The zero-order chi connectivity index (χ0) is 14.7. The lowest BCUT2D eigenvalue weighted by Crippen LogP contribution is -2.14. The highest BCUT2D eigenvalue weighted by Gasteiger charge is 2.13. The largest absolute Gasteiger partial charge is 0.478 e. The Kier molecular flexibility index (Phi) is 4.09. The molecule has 0 aliphatic heterocycles. The van der Waals surface area contributed by atoms with Gasteiger partial charge in [0.15, 0.2) is 0 Å². The van der Waals surface area contributed by atoms with Gasteiger partial charge in [0, 0.05) is 6.20 Å². The molecule has 5 nitrogen and oxygen atoms in total. The van der Waals surface area contributed by atoms with Crippen molar-refractivity contribution in [1.82, 2.24) is 4.98 Å². The number of halogens is 2. The molecule has 1 aromatic heterocycles. The van der Waals surface area contributed by atoms with Crippen molar-refractivity contribution in [1.29, 1.82) is 0 Å². The van der Waals surface area contributed by atoms with Gasteiger partial charge < -0.3 is 10.4 Å². The fourth-order valence-electron chi connectivity index (χ4n) is 1.46. The molecule has 2 aromatic rings. The van der Waals surface area contributed by atoms with Gasteiger partial charge in [-0.3, -0.25) is 4.79 Å². The van der Waals surface area contributed by atoms with Crippen LogP contribution in [-0.2, 0) is 0 Å². The van der Waals surface area contributed by atoms with E-state index < -0.39 is 17.7 Å². The van der Waals surface area contributed by atoms with Gasteiger partial charge in [0.1, 0.15) is 11.6 Å². The van der Waals surface area contributed by atoms with Crippen LogP contribution in [0.4, 0.5) is 10.2 Å². The van der Waals surface area contributed by atoms with Crippen LogP contribution in [0.5, 0.6) is 0 Å². The number of pyridine rings is 1. The Balaban J connectivity index is 2.19. The fraction of sp³-hybridized carbons (Fsp3) is 0. The van der Waals surface area contributed by atoms with E-state index in [2.05, 4.69) is 26.2 Å². The molecule has 2 N–H and O–H groups in total. The normalized spacial score (nSPS) is 10.1. The Bertz CT molecular complexity index is 674. The minimum Gasteiger partial charge on any atom is -0.478 e. The van der Waals surface area contributed by atoms with Crippen LogP contribution in [-0.4, -0.2) is 22.0 Å². The second kappa shape index (κ2) is 5.79. The molecule has 7 heteroatoms. The number of hydrogen-bond acceptors (Lipinski definition) is 3. The van der Waals surface area contributed by atoms with E-state index in [4.69, 9.17) is 5.11 Å². The molecule has 102 valence electrons. The third kappa shape index (κ3) is 3.00. The van der Waals surface area contributed by atoms with E-state index in [1.165, 1.54) is 30.3 Å². The number of aromatic carboxylic acids is 1. The number of amides is 1. The lowest BCUT2D eigenvalue weighted by molar-refractivity contribution is 0.0696. The molecule has 20 heavy (non-hydrogen) atoms. The van der Waals surface area contributed by atoms with Gasteiger partial charge in [-0.15, -0.1) is 0 Å². The molecule has 0 saturated carbocycles. The summed E-state index contributed by atoms with van der Waals surface area (Å²) in [5.41, 5.74) is 0.129. The number of carbonyl (C=O) groups is 2. The highest BCUT2D eigenvalue weighted by atomic mass is 79.9. The number of carbonyl (C=O) groups excluding carboxylic acids is 1. The molecule has 0 bridgehead atoms. The molecular formula is C13H8BrFN2O3. The van der Waals surface area contributed by atoms with Crippen LogP contribution < -0.4 is 5.32 Å². The number of rotatable bonds is 3. The van der Waals surface area contributed by atoms with Gasteiger partial charge in [0.25, 0.3) is 5.91 Å². The fourth-order valence-corrected chi connectivity index (χ4v) is 1.90. The molecule has 2 rings (SSSR count). The maximum atomic E-state index is 13.3. The van der Waals surface area contributed by atoms with Crippen LogP contribution in [0.3, 0.4) is 0 Å². The first kappa shape index (κ1) is 14.1. The second-order valence-corrected chi connectivity index (χ2v) is 4.59. The van der Waals surface area contributed by atoms with Crippen LogP contribution in [0.25, 0.3) is 0 Å². The molecule has 0 aliphatic carbocycles. The van der Waals surface area contributed by atoms with E-state index in [0.717, 1.165) is 6.20 Å². The van der Waals surface area contributed by atoms with Crippen LogP contribution in [0.1, 0.15) is 20.7 Å². The first-order valence-corrected chi connectivity index (χ1v) is 6.23. The number of benzene rings is 1. The molecule has 0 radical (unpaired) electrons. The number of nitrogens with one attached hydrogen (secondary N) is 1. The van der Waals surface area contributed by atoms with Crippen molar-refractivity contribution < 1.29 is 19.1 Å². The maximum absolute atomic E-state index is 13.3. The van der Waals surface area contributed by atoms with Crippen LogP contribution in [0.15, 0.2) is 41.0 Å². The first-order chi connectivity index (χ1) is 9.49. The molecule has 1 amide bonds. The molecule has 0 atom stereocenters. The maximum Gasteiger partial charge on any atom is 0.337 e. The summed E-state index contributed by atoms with van der Waals surface area (Å²) in [6.45, 7) is 0. The summed E-state index contributed by atoms with van der Waals surface area (Å²) in [6.07, 6.45) is 1.12. The SMILES string of the molecule is O=C(O)c1ccc(NC(=O)c2cccc(F)c2Br)nc1. The van der Waals surface area contributed by atoms with Crippen molar-refractivity contribution in [2.75, 3.05) is 5.32 Å². The number of anilines is 1. The van der Waals surface area contributed by atoms with Gasteiger partial charge in [-0.1, -0.05) is 6.07 Å². The van der Waals surface area contributed by atoms with Crippen molar-refractivity contribution in [3.63, 3.8) is 0 Å². The lowest BCUT2D eigenvalue weighted by Gasteiger charge is -2.06. The topological polar surface area (TPSA) is 79.3 Å². The molecule has 1 heterocycles. The van der Waals surface area contributed by atoms with E-state index in [1.807, 2.05) is 0 Å². The van der Waals surface area contributed by atoms with Crippen molar-refractivity contribution in [3.05, 3.63) is 57.9 Å². The summed E-state index contributed by atoms with van der Waals surface area (Å²) in [5, 5.41) is 11.2. The van der Waals surface area contributed by atoms with Gasteiger partial charge in [0.2, 0.25) is 0 Å². The number of nitrogens with zero attached hydrogens (tertiary/aromatic N) is 1. The smallest absolute Gasteiger partial charge is 0.337 e. The second-order valence-electron chi connectivity index (χ2n) is 3.79. The van der Waals surface area contributed by atoms with Crippen LogP contribution in [0.2, 0.25) is 0 Å². The van der Waals surface area contributed by atoms with Gasteiger partial charge in [-0.2, -0.15) is 0 Å². The number of aromatic nitrogens is 1. The quantitative estimate of drug-likeness (QED) is 0.901. The molecule has 0 aliphatic rings. The minimum absolute atomic E-state index is 0.00920. The average Bonchev–Trinajstić information content (AvgIpc) is 2.42. The van der Waals surface area contributed by atoms with E-state index >= 15 is 0 Å². The predicted molar refractivity (Wildman–Crippen MR) is 73.2 cm³/mol. The summed E-state index contributed by atoms with van der Waals surface area (Å²) >= 11 is 2.99. The summed E-state index contributed by atoms with van der Waals surface area (Å²) in [6, 6.07) is 6.75. The van der Waals surface area contributed by atoms with E-state index in [0.29, 0.717) is 0 Å². The zero-order valence-corrected chi connectivity index (χ0v) is 11.5. The average molecular weight is 339 g/mol. The Morgan fingerprint density at radius 2 is 2.00 bits per heavy atom. The standard InChI is InChI=1S/C13H8BrFN2O3/c14-11-8(2-1-3-9(11)15)12(18)17-10-5-4-7(6-16-10)13(19)20/h1-6H,(H,19,20)(H,16,17,18). The zero-order valence-electron chi connectivity index (χ0n) is 9.93. The Morgan fingerprint density at radius 1 is 1.25 bits per heavy atom. The molecule has 0 spiro atoms. The lowest BCUT2D eigenvalue weighted by atomic mass is 10.2. The Labute approximate surface area is 121 Å². The molecule has 1 aromatic carbocycles. The third-order valence-electron chi connectivity index (χ3n) is 2.45. The van der Waals surface area contributed by atoms with Crippen molar-refractivity contribution in [2.45, 2.75) is 0 Å².